The third kappa shape index (κ3) is 4.14. The van der Waals surface area contributed by atoms with Crippen LogP contribution in [0.25, 0.3) is 22.2 Å². The fraction of sp³-hybridized carbons (Fsp3) is 0.200. The molecule has 188 valence electrons. The van der Waals surface area contributed by atoms with Crippen molar-refractivity contribution in [2.75, 3.05) is 11.4 Å². The lowest BCUT2D eigenvalue weighted by Crippen LogP contribution is -2.38. The second kappa shape index (κ2) is 8.70. The maximum absolute atomic E-state index is 14.1. The molecule has 0 unspecified atom stereocenters. The van der Waals surface area contributed by atoms with Gasteiger partial charge in [0.25, 0.3) is 5.56 Å². The Morgan fingerprint density at radius 1 is 1.22 bits per heavy atom. The lowest BCUT2D eigenvalue weighted by molar-refractivity contribution is -0.286. The van der Waals surface area contributed by atoms with E-state index < -0.39 is 30.1 Å². The van der Waals surface area contributed by atoms with Crippen LogP contribution < -0.4 is 19.9 Å². The Kier molecular flexibility index (Phi) is 5.63. The molecule has 0 atom stereocenters. The zero-order valence-electron chi connectivity index (χ0n) is 19.4. The van der Waals surface area contributed by atoms with E-state index in [9.17, 15) is 28.0 Å². The van der Waals surface area contributed by atoms with Crippen LogP contribution in [0.15, 0.2) is 51.9 Å². The van der Waals surface area contributed by atoms with Crippen molar-refractivity contribution < 1.29 is 31.9 Å². The molecule has 2 aromatic heterocycles. The summed E-state index contributed by atoms with van der Waals surface area (Å²) in [5.41, 5.74) is 0.254. The number of aromatic nitrogens is 2. The summed E-state index contributed by atoms with van der Waals surface area (Å²) < 4.78 is 56.6. The summed E-state index contributed by atoms with van der Waals surface area (Å²) >= 11 is 0. The number of carbonyl (C=O) groups excluding carboxylic acids is 1. The number of hydrogen-bond acceptors (Lipinski definition) is 7. The minimum Gasteiger partial charge on any atom is -0.462 e. The van der Waals surface area contributed by atoms with Crippen LogP contribution in [-0.2, 0) is 11.3 Å². The molecule has 0 bridgehead atoms. The van der Waals surface area contributed by atoms with E-state index in [0.717, 1.165) is 16.8 Å². The largest absolute Gasteiger partial charge is 0.586 e. The summed E-state index contributed by atoms with van der Waals surface area (Å²) in [6.07, 6.45) is -2.55. The summed E-state index contributed by atoms with van der Waals surface area (Å²) in [6, 6.07) is 9.52. The maximum Gasteiger partial charge on any atom is 0.586 e. The van der Waals surface area contributed by atoms with Crippen LogP contribution in [-0.4, -0.2) is 28.5 Å². The minimum atomic E-state index is -3.82. The van der Waals surface area contributed by atoms with Crippen LogP contribution in [0.5, 0.6) is 11.5 Å². The molecule has 5 rings (SSSR count). The zero-order valence-corrected chi connectivity index (χ0v) is 19.4. The first kappa shape index (κ1) is 23.9. The Bertz CT molecular complexity index is 1670. The molecule has 4 aromatic rings. The third-order valence-corrected chi connectivity index (χ3v) is 5.85. The van der Waals surface area contributed by atoms with Crippen LogP contribution in [0.3, 0.4) is 0 Å². The number of furan rings is 1. The van der Waals surface area contributed by atoms with Gasteiger partial charge in [-0.05, 0) is 50.2 Å². The summed E-state index contributed by atoms with van der Waals surface area (Å²) in [7, 11) is 0. The van der Waals surface area contributed by atoms with Gasteiger partial charge in [0.15, 0.2) is 17.1 Å². The number of likely N-dealkylation sites (N-methyl/N-ethyl adjacent to an activating group) is 1. The number of nitrogens with zero attached hydrogens (tertiary/aromatic N) is 4. The maximum atomic E-state index is 14.1. The average molecular weight is 510 g/mol. The summed E-state index contributed by atoms with van der Waals surface area (Å²) in [6.45, 7) is 2.80. The Labute approximate surface area is 206 Å². The number of alkyl halides is 2. The van der Waals surface area contributed by atoms with Gasteiger partial charge in [-0.2, -0.15) is 10.4 Å². The smallest absolute Gasteiger partial charge is 0.462 e. The van der Waals surface area contributed by atoms with Gasteiger partial charge in [0.2, 0.25) is 5.91 Å². The summed E-state index contributed by atoms with van der Waals surface area (Å²) in [4.78, 5) is 27.7. The molecule has 0 aliphatic carbocycles. The number of hydrogen-bond donors (Lipinski definition) is 0. The number of amides is 1. The van der Waals surface area contributed by atoms with E-state index >= 15 is 0 Å². The van der Waals surface area contributed by atoms with Crippen molar-refractivity contribution in [2.24, 2.45) is 0 Å². The molecule has 0 saturated heterocycles. The highest BCUT2D eigenvalue weighted by atomic mass is 19.3. The van der Waals surface area contributed by atoms with E-state index in [-0.39, 0.29) is 57.1 Å². The van der Waals surface area contributed by atoms with Crippen molar-refractivity contribution in [1.29, 1.82) is 5.26 Å². The predicted octanol–water partition coefficient (Wildman–Crippen LogP) is 4.35. The van der Waals surface area contributed by atoms with Crippen molar-refractivity contribution in [2.45, 2.75) is 26.7 Å². The SMILES string of the molecule is CCN(C(=O)Cn1nc(-c2cc(F)cc(C#N)c2)c2occc2c1=O)c1ccc2c(c1C)OC(F)(F)O2. The van der Waals surface area contributed by atoms with E-state index in [1.165, 1.54) is 42.4 Å². The van der Waals surface area contributed by atoms with Crippen LogP contribution in [0.4, 0.5) is 18.9 Å². The lowest BCUT2D eigenvalue weighted by atomic mass is 10.1. The molecular weight excluding hydrogens is 493 g/mol. The summed E-state index contributed by atoms with van der Waals surface area (Å²) in [5, 5.41) is 13.6. The van der Waals surface area contributed by atoms with Gasteiger partial charge < -0.3 is 18.8 Å². The number of benzene rings is 2. The van der Waals surface area contributed by atoms with E-state index in [1.54, 1.807) is 6.92 Å². The van der Waals surface area contributed by atoms with Crippen molar-refractivity contribution in [3.63, 3.8) is 0 Å². The van der Waals surface area contributed by atoms with Crippen molar-refractivity contribution in [3.05, 3.63) is 70.0 Å². The van der Waals surface area contributed by atoms with Crippen LogP contribution in [0.1, 0.15) is 18.1 Å². The van der Waals surface area contributed by atoms with Crippen LogP contribution >= 0.6 is 0 Å². The van der Waals surface area contributed by atoms with Gasteiger partial charge >= 0.3 is 6.29 Å². The Hall–Kier alpha value is -4.79. The number of ether oxygens (including phenoxy) is 2. The molecular formula is C25H17F3N4O5. The molecule has 9 nitrogen and oxygen atoms in total. The molecule has 0 spiro atoms. The Morgan fingerprint density at radius 3 is 2.73 bits per heavy atom. The standard InChI is InChI=1S/C25H17F3N4O5/c1-3-31(18-4-5-19-22(13(18)2)37-25(27,28)36-19)20(33)12-32-24(34)17-6-7-35-23(17)21(30-32)15-8-14(11-29)9-16(26)10-15/h4-10H,3,12H2,1-2H3. The van der Waals surface area contributed by atoms with E-state index in [0.29, 0.717) is 0 Å². The number of nitriles is 1. The van der Waals surface area contributed by atoms with Crippen molar-refractivity contribution in [1.82, 2.24) is 9.78 Å². The van der Waals surface area contributed by atoms with Crippen LogP contribution in [0.2, 0.25) is 0 Å². The second-order valence-corrected chi connectivity index (χ2v) is 8.16. The molecule has 0 radical (unpaired) electrons. The lowest BCUT2D eigenvalue weighted by Gasteiger charge is -2.23. The molecule has 12 heteroatoms. The first-order chi connectivity index (χ1) is 17.6. The van der Waals surface area contributed by atoms with E-state index in [1.807, 2.05) is 6.07 Å². The van der Waals surface area contributed by atoms with Crippen molar-refractivity contribution in [3.8, 4) is 28.8 Å². The Balaban J connectivity index is 1.54. The van der Waals surface area contributed by atoms with E-state index in [2.05, 4.69) is 14.6 Å². The zero-order chi connectivity index (χ0) is 26.5. The monoisotopic (exact) mass is 510 g/mol. The van der Waals surface area contributed by atoms with Gasteiger partial charge in [0.1, 0.15) is 18.1 Å². The Morgan fingerprint density at radius 2 is 2.00 bits per heavy atom. The molecule has 1 amide bonds. The second-order valence-electron chi connectivity index (χ2n) is 8.16. The molecule has 37 heavy (non-hydrogen) atoms. The van der Waals surface area contributed by atoms with E-state index in [4.69, 9.17) is 4.42 Å². The normalized spacial score (nSPS) is 13.5. The third-order valence-electron chi connectivity index (χ3n) is 5.85. The number of rotatable bonds is 5. The van der Waals surface area contributed by atoms with Gasteiger partial charge in [-0.25, -0.2) is 9.07 Å². The fourth-order valence-corrected chi connectivity index (χ4v) is 4.22. The summed E-state index contributed by atoms with van der Waals surface area (Å²) in [5.74, 6) is -1.61. The first-order valence-corrected chi connectivity index (χ1v) is 11.0. The number of fused-ring (bicyclic) bond motifs is 2. The highest BCUT2D eigenvalue weighted by Gasteiger charge is 2.44. The van der Waals surface area contributed by atoms with Gasteiger partial charge in [-0.1, -0.05) is 0 Å². The molecule has 0 N–H and O–H groups in total. The number of anilines is 1. The highest BCUT2D eigenvalue weighted by Crippen LogP contribution is 2.46. The molecule has 2 aromatic carbocycles. The van der Waals surface area contributed by atoms with Crippen molar-refractivity contribution >= 4 is 22.6 Å². The van der Waals surface area contributed by atoms with Gasteiger partial charge in [-0.15, -0.1) is 8.78 Å². The number of halogens is 3. The fourth-order valence-electron chi connectivity index (χ4n) is 4.22. The van der Waals surface area contributed by atoms with Gasteiger partial charge in [-0.3, -0.25) is 9.59 Å². The minimum absolute atomic E-state index is 0.0337. The predicted molar refractivity (Wildman–Crippen MR) is 124 cm³/mol. The van der Waals surface area contributed by atoms with Gasteiger partial charge in [0.05, 0.1) is 29.0 Å². The van der Waals surface area contributed by atoms with Gasteiger partial charge in [0, 0.05) is 17.7 Å². The van der Waals surface area contributed by atoms with Crippen LogP contribution in [0, 0.1) is 24.1 Å². The molecule has 0 saturated carbocycles. The molecule has 0 fully saturated rings. The quantitative estimate of drug-likeness (QED) is 0.393. The average Bonchev–Trinajstić information content (AvgIpc) is 3.46. The molecule has 1 aliphatic rings. The number of carbonyl (C=O) groups is 1. The highest BCUT2D eigenvalue weighted by molar-refractivity contribution is 5.95. The first-order valence-electron chi connectivity index (χ1n) is 11.0. The topological polar surface area (TPSA) is 111 Å². The molecule has 3 heterocycles. The molecule has 1 aliphatic heterocycles.